The lowest BCUT2D eigenvalue weighted by molar-refractivity contribution is -0.123. The zero-order valence-electron chi connectivity index (χ0n) is 53.6. The molecule has 0 spiro atoms. The Bertz CT molecular complexity index is 3380. The molecule has 12 rings (SSSR count). The first kappa shape index (κ1) is 64.5. The molecule has 4 N–H and O–H groups in total. The minimum absolute atomic E-state index is 0.119. The van der Waals surface area contributed by atoms with Crippen LogP contribution in [-0.4, -0.2) is 159 Å². The van der Waals surface area contributed by atoms with Crippen LogP contribution in [0.2, 0.25) is 10.0 Å². The van der Waals surface area contributed by atoms with Gasteiger partial charge in [0.15, 0.2) is 5.78 Å². The number of hydrogen-bond acceptors (Lipinski definition) is 15. The second kappa shape index (κ2) is 27.6. The summed E-state index contributed by atoms with van der Waals surface area (Å²) in [7, 11) is 0. The number of aromatic nitrogens is 2. The number of likely N-dealkylation sites (tertiary alicyclic amines) is 4. The summed E-state index contributed by atoms with van der Waals surface area (Å²) >= 11 is 15.1. The number of aliphatic hydroxyl groups is 2. The first-order chi connectivity index (χ1) is 43.3. The molecule has 2 unspecified atom stereocenters. The van der Waals surface area contributed by atoms with E-state index in [0.717, 1.165) is 139 Å². The summed E-state index contributed by atoms with van der Waals surface area (Å²) < 4.78 is 29.1. The van der Waals surface area contributed by atoms with Gasteiger partial charge < -0.3 is 29.2 Å². The fraction of sp³-hybridized carbons (Fsp3) is 0.563. The van der Waals surface area contributed by atoms with Crippen molar-refractivity contribution in [3.8, 4) is 34.0 Å². The molecule has 0 aliphatic carbocycles. The van der Waals surface area contributed by atoms with Crippen molar-refractivity contribution in [2.24, 2.45) is 0 Å². The Hall–Kier alpha value is -5.57. The number of nitrogens with one attached hydrogen (secondary N) is 2. The fourth-order valence-corrected chi connectivity index (χ4v) is 15.4. The SMILES string of the molecule is CC(C)(C)OC(=O)n1c(-c2cc(OCCCN3CCCC3CO)c(Cl)c3c2[C@@H](C(=O)[C@H]2NCc4c(Cl)c(OCCCN5CCCC5CO)cc(-c5cc6cc(CN7CCCCC7)ccc6n5C(=O)OC(C)(C)C)c42)NC3)cc2cc(CN3CCCCC3)ccc21. The highest BCUT2D eigenvalue weighted by molar-refractivity contribution is 6.34. The van der Waals surface area contributed by atoms with E-state index in [1.165, 1.54) is 12.8 Å². The lowest BCUT2D eigenvalue weighted by Gasteiger charge is -2.26. The molecule has 0 radical (unpaired) electrons. The van der Waals surface area contributed by atoms with Gasteiger partial charge >= 0.3 is 12.2 Å². The number of rotatable bonds is 20. The normalized spacial score (nSPS) is 21.2. The van der Waals surface area contributed by atoms with E-state index in [1.807, 2.05) is 77.9 Å². The zero-order valence-corrected chi connectivity index (χ0v) is 55.1. The predicted molar refractivity (Wildman–Crippen MR) is 354 cm³/mol. The number of aliphatic hydroxyl groups excluding tert-OH is 2. The van der Waals surface area contributed by atoms with E-state index in [1.54, 1.807) is 9.13 Å². The monoisotopic (exact) mass is 1270 g/mol. The molecular formula is C71H92Cl2N8O9. The number of carbonyl (C=O) groups is 3. The maximum Gasteiger partial charge on any atom is 0.419 e. The highest BCUT2D eigenvalue weighted by Crippen LogP contribution is 2.50. The number of Topliss-reactive ketones (excluding diaryl/α,β-unsaturated/α-hetero) is 1. The van der Waals surface area contributed by atoms with Crippen LogP contribution in [0.3, 0.4) is 0 Å². The predicted octanol–water partition coefficient (Wildman–Crippen LogP) is 12.8. The van der Waals surface area contributed by atoms with Crippen molar-refractivity contribution in [2.75, 3.05) is 78.8 Å². The van der Waals surface area contributed by atoms with Crippen molar-refractivity contribution in [2.45, 2.75) is 180 Å². The maximum absolute atomic E-state index is 16.4. The van der Waals surface area contributed by atoms with Crippen molar-refractivity contribution in [3.05, 3.63) is 104 Å². The first-order valence-corrected chi connectivity index (χ1v) is 34.0. The van der Waals surface area contributed by atoms with Crippen LogP contribution in [0.15, 0.2) is 60.7 Å². The van der Waals surface area contributed by atoms with E-state index >= 15 is 4.79 Å². The van der Waals surface area contributed by atoms with Crippen LogP contribution in [0.25, 0.3) is 44.3 Å². The molecule has 6 aliphatic rings. The number of ether oxygens (including phenoxy) is 4. The Morgan fingerprint density at radius 3 is 1.34 bits per heavy atom. The molecule has 4 aromatic carbocycles. The third-order valence-electron chi connectivity index (χ3n) is 19.1. The van der Waals surface area contributed by atoms with E-state index in [-0.39, 0.29) is 44.2 Å². The third-order valence-corrected chi connectivity index (χ3v) is 19.9. The van der Waals surface area contributed by atoms with E-state index < -0.39 is 35.5 Å². The quantitative estimate of drug-likeness (QED) is 0.0531. The summed E-state index contributed by atoms with van der Waals surface area (Å²) in [5, 5.41) is 29.9. The molecule has 0 bridgehead atoms. The average molecular weight is 1270 g/mol. The molecule has 6 aliphatic heterocycles. The Balaban J connectivity index is 0.976. The summed E-state index contributed by atoms with van der Waals surface area (Å²) in [6.07, 6.45) is 11.4. The number of hydrogen-bond donors (Lipinski definition) is 4. The molecule has 484 valence electrons. The van der Waals surface area contributed by atoms with Gasteiger partial charge in [0, 0.05) is 73.3 Å². The molecule has 90 heavy (non-hydrogen) atoms. The number of fused-ring (bicyclic) bond motifs is 4. The van der Waals surface area contributed by atoms with Gasteiger partial charge in [0.1, 0.15) is 22.7 Å². The number of nitrogens with zero attached hydrogens (tertiary/aromatic N) is 6. The van der Waals surface area contributed by atoms with Crippen molar-refractivity contribution >= 4 is 63.0 Å². The summed E-state index contributed by atoms with van der Waals surface area (Å²) in [6, 6.07) is 18.7. The molecule has 19 heteroatoms. The lowest BCUT2D eigenvalue weighted by Crippen LogP contribution is -2.33. The molecule has 0 amide bonds. The maximum atomic E-state index is 16.4. The average Bonchev–Trinajstić information content (AvgIpc) is 1.58. The van der Waals surface area contributed by atoms with Crippen LogP contribution in [0, 0.1) is 0 Å². The molecule has 2 aromatic heterocycles. The Kier molecular flexibility index (Phi) is 19.8. The van der Waals surface area contributed by atoms with Crippen molar-refractivity contribution < 1.29 is 43.5 Å². The van der Waals surface area contributed by atoms with Crippen LogP contribution in [0.1, 0.15) is 164 Å². The highest BCUT2D eigenvalue weighted by atomic mass is 35.5. The standard InChI is InChI=1S/C71H92Cl2N8O9/c1-70(2,3)89-68(85)80-55-21-19-45(41-76-23-9-7-10-24-76)33-47(55)35-57(80)51-37-59(87-31-15-29-78-27-13-17-49(78)43-82)63(72)53-39-74-65(61(51)53)67(84)66-62-52(38-60(64(73)54(62)40-75-66)88-32-16-30-79-28-14-18-50(79)44-83)58-36-48-34-46(42-77-25-11-8-12-26-77)20-22-56(48)81(58)69(86)90-71(4,5)6/h19-22,33-38,49-50,65-66,74-75,82-83H,7-18,23-32,39-44H2,1-6H3/t49?,50?,65-,66-/m0/s1. The van der Waals surface area contributed by atoms with Crippen LogP contribution < -0.4 is 20.1 Å². The Morgan fingerprint density at radius 1 is 0.544 bits per heavy atom. The van der Waals surface area contributed by atoms with Crippen LogP contribution in [0.4, 0.5) is 9.59 Å². The smallest absolute Gasteiger partial charge is 0.419 e. The summed E-state index contributed by atoms with van der Waals surface area (Å²) in [5.74, 6) is 0.645. The molecule has 17 nitrogen and oxygen atoms in total. The topological polar surface area (TPSA) is 175 Å². The second-order valence-corrected chi connectivity index (χ2v) is 28.6. The first-order valence-electron chi connectivity index (χ1n) is 33.2. The van der Waals surface area contributed by atoms with E-state index in [0.29, 0.717) is 103 Å². The molecule has 4 fully saturated rings. The second-order valence-electron chi connectivity index (χ2n) is 27.9. The van der Waals surface area contributed by atoms with Crippen LogP contribution in [-0.2, 0) is 40.4 Å². The lowest BCUT2D eigenvalue weighted by atomic mass is 9.87. The summed E-state index contributed by atoms with van der Waals surface area (Å²) in [5.41, 5.74) is 6.76. The number of benzene rings is 4. The molecule has 6 aromatic rings. The van der Waals surface area contributed by atoms with Crippen molar-refractivity contribution in [3.63, 3.8) is 0 Å². The molecule has 4 saturated heterocycles. The van der Waals surface area contributed by atoms with E-state index in [9.17, 15) is 19.8 Å². The summed E-state index contributed by atoms with van der Waals surface area (Å²) in [4.78, 5) is 55.9. The molecule has 4 atom stereocenters. The minimum Gasteiger partial charge on any atom is -0.492 e. The number of piperidine rings is 2. The molecular weight excluding hydrogens is 1180 g/mol. The van der Waals surface area contributed by atoms with Gasteiger partial charge in [-0.25, -0.2) is 18.7 Å². The van der Waals surface area contributed by atoms with E-state index in [2.05, 4.69) is 54.5 Å². The number of ketones is 1. The van der Waals surface area contributed by atoms with Gasteiger partial charge in [-0.15, -0.1) is 0 Å². The number of halogens is 2. The third kappa shape index (κ3) is 13.9. The number of carbonyl (C=O) groups excluding carboxylic acids is 3. The van der Waals surface area contributed by atoms with E-state index in [4.69, 9.17) is 42.1 Å². The Labute approximate surface area is 540 Å². The van der Waals surface area contributed by atoms with Gasteiger partial charge in [0.2, 0.25) is 0 Å². The molecule has 0 saturated carbocycles. The summed E-state index contributed by atoms with van der Waals surface area (Å²) in [6.45, 7) is 21.6. The van der Waals surface area contributed by atoms with Gasteiger partial charge in [-0.2, -0.15) is 0 Å². The van der Waals surface area contributed by atoms with Crippen molar-refractivity contribution in [1.29, 1.82) is 0 Å². The van der Waals surface area contributed by atoms with Crippen LogP contribution in [0.5, 0.6) is 11.5 Å². The van der Waals surface area contributed by atoms with Gasteiger partial charge in [0.05, 0.1) is 71.0 Å². The van der Waals surface area contributed by atoms with Gasteiger partial charge in [0.25, 0.3) is 0 Å². The van der Waals surface area contributed by atoms with Crippen molar-refractivity contribution in [1.82, 2.24) is 39.4 Å². The largest absolute Gasteiger partial charge is 0.492 e. The minimum atomic E-state index is -0.972. The molecule has 8 heterocycles. The van der Waals surface area contributed by atoms with Gasteiger partial charge in [-0.05, 0) is 227 Å². The van der Waals surface area contributed by atoms with Gasteiger partial charge in [-0.3, -0.25) is 35.0 Å². The zero-order chi connectivity index (χ0) is 63.0. The fourth-order valence-electron chi connectivity index (χ4n) is 14.9. The van der Waals surface area contributed by atoms with Gasteiger partial charge in [-0.1, -0.05) is 48.2 Å². The highest BCUT2D eigenvalue weighted by Gasteiger charge is 2.44. The van der Waals surface area contributed by atoms with Crippen LogP contribution >= 0.6 is 23.2 Å². The Morgan fingerprint density at radius 2 is 0.956 bits per heavy atom.